The molecule has 0 aliphatic rings. The summed E-state index contributed by atoms with van der Waals surface area (Å²) in [6, 6.07) is 2.93. The summed E-state index contributed by atoms with van der Waals surface area (Å²) < 4.78 is 23.5. The van der Waals surface area contributed by atoms with Crippen LogP contribution in [0.4, 0.5) is 10.1 Å². The van der Waals surface area contributed by atoms with Crippen LogP contribution in [-0.2, 0) is 4.74 Å². The van der Waals surface area contributed by atoms with Crippen molar-refractivity contribution in [3.05, 3.63) is 17.9 Å². The molecule has 0 spiro atoms. The SMILES string of the molecule is CCOc1cc(SCCOC)c(N)cc1F. The number of thioether (sulfide) groups is 1. The molecule has 0 bridgehead atoms. The molecular formula is C11H16FNO2S. The molecule has 1 rings (SSSR count). The molecule has 0 atom stereocenters. The van der Waals surface area contributed by atoms with Gasteiger partial charge in [0.15, 0.2) is 11.6 Å². The molecule has 0 aliphatic carbocycles. The van der Waals surface area contributed by atoms with Crippen molar-refractivity contribution < 1.29 is 13.9 Å². The van der Waals surface area contributed by atoms with Gasteiger partial charge in [-0.3, -0.25) is 0 Å². The van der Waals surface area contributed by atoms with Gasteiger partial charge < -0.3 is 15.2 Å². The molecule has 0 aliphatic heterocycles. The molecule has 3 nitrogen and oxygen atoms in total. The fourth-order valence-corrected chi connectivity index (χ4v) is 2.06. The summed E-state index contributed by atoms with van der Waals surface area (Å²) in [6.07, 6.45) is 0. The zero-order valence-corrected chi connectivity index (χ0v) is 10.3. The lowest BCUT2D eigenvalue weighted by Gasteiger charge is -2.10. The second kappa shape index (κ2) is 6.60. The van der Waals surface area contributed by atoms with Crippen molar-refractivity contribution >= 4 is 17.4 Å². The van der Waals surface area contributed by atoms with Crippen LogP contribution in [-0.4, -0.2) is 26.1 Å². The van der Waals surface area contributed by atoms with E-state index < -0.39 is 5.82 Å². The Bertz CT molecular complexity index is 347. The first kappa shape index (κ1) is 13.1. The third-order valence-electron chi connectivity index (χ3n) is 1.91. The summed E-state index contributed by atoms with van der Waals surface area (Å²) in [7, 11) is 1.64. The number of anilines is 1. The Balaban J connectivity index is 2.78. The molecule has 1 aromatic rings. The van der Waals surface area contributed by atoms with Crippen LogP contribution in [0.3, 0.4) is 0 Å². The Morgan fingerprint density at radius 2 is 2.19 bits per heavy atom. The van der Waals surface area contributed by atoms with Gasteiger partial charge in [0.2, 0.25) is 0 Å². The Labute approximate surface area is 99.1 Å². The summed E-state index contributed by atoms with van der Waals surface area (Å²) in [6.45, 7) is 2.88. The number of hydrogen-bond donors (Lipinski definition) is 1. The molecule has 1 aromatic carbocycles. The number of methoxy groups -OCH3 is 1. The molecule has 0 saturated carbocycles. The minimum atomic E-state index is -0.421. The van der Waals surface area contributed by atoms with Crippen LogP contribution in [0.5, 0.6) is 5.75 Å². The van der Waals surface area contributed by atoms with Crippen molar-refractivity contribution in [1.82, 2.24) is 0 Å². The van der Waals surface area contributed by atoms with Crippen molar-refractivity contribution in [1.29, 1.82) is 0 Å². The average molecular weight is 245 g/mol. The van der Waals surface area contributed by atoms with Gasteiger partial charge >= 0.3 is 0 Å². The molecule has 0 amide bonds. The zero-order valence-electron chi connectivity index (χ0n) is 9.46. The van der Waals surface area contributed by atoms with Crippen LogP contribution >= 0.6 is 11.8 Å². The summed E-state index contributed by atoms with van der Waals surface area (Å²) in [5.41, 5.74) is 6.14. The molecule has 0 saturated heterocycles. The molecule has 0 fully saturated rings. The van der Waals surface area contributed by atoms with Crippen LogP contribution < -0.4 is 10.5 Å². The maximum atomic E-state index is 13.4. The van der Waals surface area contributed by atoms with Gasteiger partial charge in [0, 0.05) is 29.5 Å². The minimum absolute atomic E-state index is 0.247. The van der Waals surface area contributed by atoms with E-state index in [0.717, 1.165) is 10.6 Å². The summed E-state index contributed by atoms with van der Waals surface area (Å²) in [4.78, 5) is 0.821. The van der Waals surface area contributed by atoms with E-state index in [0.29, 0.717) is 18.9 Å². The summed E-state index contributed by atoms with van der Waals surface area (Å²) in [5, 5.41) is 0. The van der Waals surface area contributed by atoms with Gasteiger partial charge in [0.05, 0.1) is 13.2 Å². The fourth-order valence-electron chi connectivity index (χ4n) is 1.18. The minimum Gasteiger partial charge on any atom is -0.491 e. The Morgan fingerprint density at radius 1 is 1.44 bits per heavy atom. The van der Waals surface area contributed by atoms with Gasteiger partial charge in [-0.2, -0.15) is 0 Å². The Morgan fingerprint density at radius 3 is 2.81 bits per heavy atom. The third-order valence-corrected chi connectivity index (χ3v) is 2.94. The Kier molecular flexibility index (Phi) is 5.42. The monoisotopic (exact) mass is 245 g/mol. The summed E-state index contributed by atoms with van der Waals surface area (Å²) >= 11 is 1.52. The zero-order chi connectivity index (χ0) is 12.0. The number of ether oxygens (including phenoxy) is 2. The normalized spacial score (nSPS) is 10.4. The lowest BCUT2D eigenvalue weighted by molar-refractivity contribution is 0.218. The number of nitrogen functional groups attached to an aromatic ring is 1. The van der Waals surface area contributed by atoms with Crippen molar-refractivity contribution in [2.45, 2.75) is 11.8 Å². The Hall–Kier alpha value is -0.940. The molecule has 16 heavy (non-hydrogen) atoms. The maximum Gasteiger partial charge on any atom is 0.167 e. The topological polar surface area (TPSA) is 44.5 Å². The highest BCUT2D eigenvalue weighted by Gasteiger charge is 2.09. The van der Waals surface area contributed by atoms with E-state index in [4.69, 9.17) is 15.2 Å². The molecule has 90 valence electrons. The quantitative estimate of drug-likeness (QED) is 0.475. The highest BCUT2D eigenvalue weighted by molar-refractivity contribution is 7.99. The van der Waals surface area contributed by atoms with E-state index in [1.807, 2.05) is 6.92 Å². The first-order chi connectivity index (χ1) is 7.69. The van der Waals surface area contributed by atoms with E-state index in [-0.39, 0.29) is 5.75 Å². The molecule has 0 aromatic heterocycles. The second-order valence-electron chi connectivity index (χ2n) is 3.09. The van der Waals surface area contributed by atoms with Crippen molar-refractivity contribution in [2.24, 2.45) is 0 Å². The number of benzene rings is 1. The van der Waals surface area contributed by atoms with Gasteiger partial charge in [0.25, 0.3) is 0 Å². The van der Waals surface area contributed by atoms with Crippen molar-refractivity contribution in [3.63, 3.8) is 0 Å². The number of hydrogen-bond acceptors (Lipinski definition) is 4. The standard InChI is InChI=1S/C11H16FNO2S/c1-3-15-10-7-11(16-5-4-14-2)9(13)6-8(10)12/h6-7H,3-5,13H2,1-2H3. The third kappa shape index (κ3) is 3.57. The molecule has 2 N–H and O–H groups in total. The van der Waals surface area contributed by atoms with Crippen LogP contribution in [0.1, 0.15) is 6.92 Å². The van der Waals surface area contributed by atoms with E-state index >= 15 is 0 Å². The van der Waals surface area contributed by atoms with Crippen LogP contribution in [0.15, 0.2) is 17.0 Å². The summed E-state index contributed by atoms with van der Waals surface area (Å²) in [5.74, 6) is 0.602. The van der Waals surface area contributed by atoms with Crippen molar-refractivity contribution in [2.75, 3.05) is 31.8 Å². The van der Waals surface area contributed by atoms with Gasteiger partial charge in [-0.15, -0.1) is 11.8 Å². The van der Waals surface area contributed by atoms with Crippen molar-refractivity contribution in [3.8, 4) is 5.75 Å². The van der Waals surface area contributed by atoms with Gasteiger partial charge in [-0.05, 0) is 13.0 Å². The van der Waals surface area contributed by atoms with Crippen LogP contribution in [0.25, 0.3) is 0 Å². The van der Waals surface area contributed by atoms with E-state index in [2.05, 4.69) is 0 Å². The van der Waals surface area contributed by atoms with Gasteiger partial charge in [-0.25, -0.2) is 4.39 Å². The maximum absolute atomic E-state index is 13.4. The molecular weight excluding hydrogens is 229 g/mol. The highest BCUT2D eigenvalue weighted by atomic mass is 32.2. The number of halogens is 1. The molecule has 0 radical (unpaired) electrons. The van der Waals surface area contributed by atoms with Gasteiger partial charge in [0.1, 0.15) is 0 Å². The first-order valence-electron chi connectivity index (χ1n) is 5.02. The highest BCUT2D eigenvalue weighted by Crippen LogP contribution is 2.31. The number of nitrogens with two attached hydrogens (primary N) is 1. The first-order valence-corrected chi connectivity index (χ1v) is 6.01. The van der Waals surface area contributed by atoms with E-state index in [1.54, 1.807) is 13.2 Å². The predicted molar refractivity (Wildman–Crippen MR) is 64.6 cm³/mol. The number of rotatable bonds is 6. The molecule has 0 heterocycles. The molecule has 5 heteroatoms. The van der Waals surface area contributed by atoms with Crippen LogP contribution in [0, 0.1) is 5.82 Å². The molecule has 0 unspecified atom stereocenters. The van der Waals surface area contributed by atoms with E-state index in [1.165, 1.54) is 17.8 Å². The lowest BCUT2D eigenvalue weighted by Crippen LogP contribution is -1.99. The largest absolute Gasteiger partial charge is 0.491 e. The van der Waals surface area contributed by atoms with Gasteiger partial charge in [-0.1, -0.05) is 0 Å². The lowest BCUT2D eigenvalue weighted by atomic mass is 10.3. The smallest absolute Gasteiger partial charge is 0.167 e. The average Bonchev–Trinajstić information content (AvgIpc) is 2.25. The second-order valence-corrected chi connectivity index (χ2v) is 4.23. The van der Waals surface area contributed by atoms with Crippen LogP contribution in [0.2, 0.25) is 0 Å². The van der Waals surface area contributed by atoms with E-state index in [9.17, 15) is 4.39 Å². The fraction of sp³-hybridized carbons (Fsp3) is 0.455. The predicted octanol–water partition coefficient (Wildman–Crippen LogP) is 2.55.